The predicted molar refractivity (Wildman–Crippen MR) is 78.4 cm³/mol. The first-order valence-electron chi connectivity index (χ1n) is 5.78. The van der Waals surface area contributed by atoms with E-state index in [-0.39, 0.29) is 23.8 Å². The monoisotopic (exact) mass is 341 g/mol. The van der Waals surface area contributed by atoms with Gasteiger partial charge in [0, 0.05) is 6.54 Å². The normalized spacial score (nSPS) is 20.1. The van der Waals surface area contributed by atoms with E-state index in [2.05, 4.69) is 0 Å². The van der Waals surface area contributed by atoms with E-state index in [0.29, 0.717) is 33.7 Å². The van der Waals surface area contributed by atoms with Crippen molar-refractivity contribution in [3.05, 3.63) is 20.3 Å². The molecule has 2 heterocycles. The maximum Gasteiger partial charge on any atom is 0.179 e. The van der Waals surface area contributed by atoms with Gasteiger partial charge >= 0.3 is 0 Å². The highest BCUT2D eigenvalue weighted by molar-refractivity contribution is 7.91. The van der Waals surface area contributed by atoms with Crippen LogP contribution in [0.3, 0.4) is 0 Å². The number of hydrogen-bond acceptors (Lipinski definition) is 5. The van der Waals surface area contributed by atoms with Gasteiger partial charge in [-0.2, -0.15) is 0 Å². The van der Waals surface area contributed by atoms with E-state index in [1.165, 1.54) is 0 Å². The minimum absolute atomic E-state index is 0.110. The Morgan fingerprint density at radius 1 is 1.32 bits per heavy atom. The topological polar surface area (TPSA) is 54.5 Å². The number of nitrogens with zero attached hydrogens (tertiary/aromatic N) is 1. The lowest BCUT2D eigenvalue weighted by atomic mass is 10.2. The Hall–Kier alpha value is -0.140. The number of carbonyl (C=O) groups is 1. The maximum absolute atomic E-state index is 12.1. The van der Waals surface area contributed by atoms with E-state index >= 15 is 0 Å². The molecule has 2 rings (SSSR count). The van der Waals surface area contributed by atoms with Gasteiger partial charge in [-0.15, -0.1) is 11.3 Å². The van der Waals surface area contributed by atoms with Gasteiger partial charge in [0.15, 0.2) is 15.6 Å². The number of ketones is 1. The van der Waals surface area contributed by atoms with Crippen LogP contribution in [0.25, 0.3) is 0 Å². The first-order chi connectivity index (χ1) is 8.87. The molecule has 1 aromatic heterocycles. The largest absolute Gasteiger partial charge is 0.295 e. The van der Waals surface area contributed by atoms with Crippen LogP contribution in [0, 0.1) is 0 Å². The van der Waals surface area contributed by atoms with Crippen molar-refractivity contribution in [1.29, 1.82) is 0 Å². The zero-order valence-electron chi connectivity index (χ0n) is 10.1. The zero-order valence-corrected chi connectivity index (χ0v) is 13.2. The van der Waals surface area contributed by atoms with Crippen molar-refractivity contribution in [3.8, 4) is 0 Å². The summed E-state index contributed by atoms with van der Waals surface area (Å²) in [4.78, 5) is 13.9. The highest BCUT2D eigenvalue weighted by Crippen LogP contribution is 2.31. The van der Waals surface area contributed by atoms with Gasteiger partial charge in [0.25, 0.3) is 0 Å². The summed E-state index contributed by atoms with van der Waals surface area (Å²) in [5.41, 5.74) is 0.420. The molecule has 1 fully saturated rings. The van der Waals surface area contributed by atoms with Crippen molar-refractivity contribution in [1.82, 2.24) is 4.90 Å². The van der Waals surface area contributed by atoms with Crippen molar-refractivity contribution in [2.45, 2.75) is 6.42 Å². The molecule has 1 saturated heterocycles. The Kier molecular flexibility index (Phi) is 4.89. The fourth-order valence-electron chi connectivity index (χ4n) is 1.97. The quantitative estimate of drug-likeness (QED) is 0.792. The summed E-state index contributed by atoms with van der Waals surface area (Å²) in [6.07, 6.45) is 0.563. The second kappa shape index (κ2) is 6.10. The van der Waals surface area contributed by atoms with Gasteiger partial charge in [0.1, 0.15) is 4.34 Å². The van der Waals surface area contributed by atoms with Crippen LogP contribution in [-0.4, -0.2) is 50.2 Å². The van der Waals surface area contributed by atoms with Crippen LogP contribution in [0.4, 0.5) is 0 Å². The third-order valence-electron chi connectivity index (χ3n) is 2.97. The SMILES string of the molecule is O=C(CN1CCCS(=O)(=O)CC1)c1cc(Cl)sc1Cl. The number of carbonyl (C=O) groups excluding carboxylic acids is 1. The van der Waals surface area contributed by atoms with Gasteiger partial charge in [0.2, 0.25) is 0 Å². The minimum atomic E-state index is -2.95. The van der Waals surface area contributed by atoms with Gasteiger partial charge < -0.3 is 0 Å². The first kappa shape index (κ1) is 15.3. The number of halogens is 2. The zero-order chi connectivity index (χ0) is 14.0. The third kappa shape index (κ3) is 4.16. The molecule has 0 atom stereocenters. The van der Waals surface area contributed by atoms with Gasteiger partial charge in [0.05, 0.1) is 28.0 Å². The average molecular weight is 342 g/mol. The first-order valence-corrected chi connectivity index (χ1v) is 9.17. The fourth-order valence-corrected chi connectivity index (χ4v) is 4.78. The molecular formula is C11H13Cl2NO3S2. The van der Waals surface area contributed by atoms with Crippen molar-refractivity contribution in [3.63, 3.8) is 0 Å². The molecule has 1 aromatic rings. The molecule has 0 aromatic carbocycles. The molecule has 0 unspecified atom stereocenters. The Bertz CT molecular complexity index is 583. The molecule has 0 spiro atoms. The number of rotatable bonds is 3. The van der Waals surface area contributed by atoms with Crippen LogP contribution in [0.5, 0.6) is 0 Å². The molecule has 0 amide bonds. The molecule has 0 saturated carbocycles. The van der Waals surface area contributed by atoms with E-state index in [1.807, 2.05) is 4.90 Å². The molecular weight excluding hydrogens is 329 g/mol. The number of thiophene rings is 1. The van der Waals surface area contributed by atoms with Crippen molar-refractivity contribution < 1.29 is 13.2 Å². The van der Waals surface area contributed by atoms with Gasteiger partial charge in [-0.3, -0.25) is 9.69 Å². The summed E-state index contributed by atoms with van der Waals surface area (Å²) in [5, 5.41) is 0. The molecule has 0 N–H and O–H groups in total. The predicted octanol–water partition coefficient (Wildman–Crippen LogP) is 2.36. The minimum Gasteiger partial charge on any atom is -0.295 e. The summed E-state index contributed by atoms with van der Waals surface area (Å²) in [6, 6.07) is 1.56. The second-order valence-corrected chi connectivity index (χ2v) is 9.03. The summed E-state index contributed by atoms with van der Waals surface area (Å²) < 4.78 is 23.8. The Balaban J connectivity index is 2.01. The molecule has 0 aliphatic carbocycles. The average Bonchev–Trinajstić information content (AvgIpc) is 2.55. The molecule has 19 heavy (non-hydrogen) atoms. The van der Waals surface area contributed by atoms with E-state index in [1.54, 1.807) is 6.07 Å². The maximum atomic E-state index is 12.1. The summed E-state index contributed by atoms with van der Waals surface area (Å²) in [5.74, 6) is 0.189. The lowest BCUT2D eigenvalue weighted by molar-refractivity contribution is 0.0936. The smallest absolute Gasteiger partial charge is 0.179 e. The lowest BCUT2D eigenvalue weighted by Crippen LogP contribution is -2.32. The Morgan fingerprint density at radius 3 is 2.68 bits per heavy atom. The molecule has 0 bridgehead atoms. The van der Waals surface area contributed by atoms with Crippen LogP contribution in [-0.2, 0) is 9.84 Å². The van der Waals surface area contributed by atoms with Crippen LogP contribution in [0.2, 0.25) is 8.67 Å². The highest BCUT2D eigenvalue weighted by Gasteiger charge is 2.22. The van der Waals surface area contributed by atoms with Gasteiger partial charge in [-0.25, -0.2) is 8.42 Å². The summed E-state index contributed by atoms with van der Waals surface area (Å²) in [7, 11) is -2.95. The van der Waals surface area contributed by atoms with Gasteiger partial charge in [-0.1, -0.05) is 23.2 Å². The van der Waals surface area contributed by atoms with E-state index < -0.39 is 9.84 Å². The molecule has 1 aliphatic heterocycles. The molecule has 8 heteroatoms. The van der Waals surface area contributed by atoms with Crippen molar-refractivity contribution in [2.24, 2.45) is 0 Å². The van der Waals surface area contributed by atoms with Crippen LogP contribution >= 0.6 is 34.5 Å². The fraction of sp³-hybridized carbons (Fsp3) is 0.545. The van der Waals surface area contributed by atoms with Crippen molar-refractivity contribution >= 4 is 50.2 Å². The van der Waals surface area contributed by atoms with E-state index in [4.69, 9.17) is 23.2 Å². The van der Waals surface area contributed by atoms with Crippen LogP contribution in [0.1, 0.15) is 16.8 Å². The van der Waals surface area contributed by atoms with Crippen LogP contribution < -0.4 is 0 Å². The van der Waals surface area contributed by atoms with E-state index in [0.717, 1.165) is 11.3 Å². The summed E-state index contributed by atoms with van der Waals surface area (Å²) >= 11 is 12.9. The Morgan fingerprint density at radius 2 is 2.05 bits per heavy atom. The van der Waals surface area contributed by atoms with E-state index in [9.17, 15) is 13.2 Å². The number of Topliss-reactive ketones (excluding diaryl/α,β-unsaturated/α-hetero) is 1. The standard InChI is InChI=1S/C11H13Cl2NO3S2/c12-10-6-8(11(13)18-10)9(15)7-14-2-1-4-19(16,17)5-3-14/h6H,1-5,7H2. The molecule has 0 radical (unpaired) electrons. The second-order valence-electron chi connectivity index (χ2n) is 4.44. The molecule has 1 aliphatic rings. The summed E-state index contributed by atoms with van der Waals surface area (Å²) in [6.45, 7) is 1.19. The van der Waals surface area contributed by atoms with Crippen molar-refractivity contribution in [2.75, 3.05) is 31.1 Å². The molecule has 4 nitrogen and oxygen atoms in total. The van der Waals surface area contributed by atoms with Crippen LogP contribution in [0.15, 0.2) is 6.07 Å². The highest BCUT2D eigenvalue weighted by atomic mass is 35.5. The number of hydrogen-bond donors (Lipinski definition) is 0. The van der Waals surface area contributed by atoms with Gasteiger partial charge in [-0.05, 0) is 19.0 Å². The lowest BCUT2D eigenvalue weighted by Gasteiger charge is -2.17. The Labute approximate surface area is 126 Å². The molecule has 106 valence electrons. The third-order valence-corrected chi connectivity index (χ3v) is 6.18. The number of sulfone groups is 1.